The third-order valence-corrected chi connectivity index (χ3v) is 3.88. The molecule has 1 aliphatic heterocycles. The predicted octanol–water partition coefficient (Wildman–Crippen LogP) is 2.43. The van der Waals surface area contributed by atoms with Crippen LogP contribution < -0.4 is 5.84 Å². The van der Waals surface area contributed by atoms with Crippen molar-refractivity contribution in [2.75, 3.05) is 0 Å². The number of carbonyl (C=O) groups excluding carboxylic acids is 1. The third kappa shape index (κ3) is 1.74. The first-order valence-corrected chi connectivity index (χ1v) is 6.44. The Bertz CT molecular complexity index is 541. The minimum Gasteiger partial charge on any atom is -0.273 e. The van der Waals surface area contributed by atoms with Crippen molar-refractivity contribution < 1.29 is 4.79 Å². The lowest BCUT2D eigenvalue weighted by molar-refractivity contribution is -0.130. The highest BCUT2D eigenvalue weighted by Gasteiger charge is 2.46. The Hall–Kier alpha value is -2.13. The van der Waals surface area contributed by atoms with Gasteiger partial charge in [0.15, 0.2) is 0 Å². The molecule has 3 heteroatoms. The lowest BCUT2D eigenvalue weighted by atomic mass is 9.81. The highest BCUT2D eigenvalue weighted by molar-refractivity contribution is 5.80. The summed E-state index contributed by atoms with van der Waals surface area (Å²) < 4.78 is 0. The summed E-state index contributed by atoms with van der Waals surface area (Å²) in [5.74, 6) is 6.10. The summed E-state index contributed by atoms with van der Waals surface area (Å²) in [5.41, 5.74) is 1.60. The van der Waals surface area contributed by atoms with Crippen LogP contribution in [0.5, 0.6) is 0 Å². The van der Waals surface area contributed by atoms with E-state index in [1.54, 1.807) is 0 Å². The van der Waals surface area contributed by atoms with Gasteiger partial charge in [0.25, 0.3) is 0 Å². The average molecular weight is 252 g/mol. The van der Waals surface area contributed by atoms with Crippen LogP contribution >= 0.6 is 0 Å². The van der Waals surface area contributed by atoms with Crippen molar-refractivity contribution in [2.24, 2.45) is 5.84 Å². The third-order valence-electron chi connectivity index (χ3n) is 3.88. The summed E-state index contributed by atoms with van der Waals surface area (Å²) in [5, 5.41) is 1.40. The first kappa shape index (κ1) is 11.9. The van der Waals surface area contributed by atoms with Crippen molar-refractivity contribution in [1.29, 1.82) is 0 Å². The molecule has 2 aromatic rings. The molecule has 0 aromatic heterocycles. The normalized spacial score (nSPS) is 17.7. The van der Waals surface area contributed by atoms with Gasteiger partial charge in [0.2, 0.25) is 5.91 Å². The maximum Gasteiger partial charge on any atom is 0.237 e. The Morgan fingerprint density at radius 2 is 1.37 bits per heavy atom. The van der Waals surface area contributed by atoms with E-state index in [1.807, 2.05) is 60.7 Å². The lowest BCUT2D eigenvalue weighted by Gasteiger charge is -2.36. The Balaban J connectivity index is 2.20. The Labute approximate surface area is 112 Å². The van der Waals surface area contributed by atoms with E-state index < -0.39 is 5.54 Å². The van der Waals surface area contributed by atoms with Crippen molar-refractivity contribution in [2.45, 2.75) is 18.4 Å². The monoisotopic (exact) mass is 252 g/mol. The summed E-state index contributed by atoms with van der Waals surface area (Å²) in [6, 6.07) is 20.0. The fourth-order valence-corrected chi connectivity index (χ4v) is 2.90. The van der Waals surface area contributed by atoms with Gasteiger partial charge >= 0.3 is 0 Å². The molecular formula is C16H16N2O. The number of hydrogen-bond acceptors (Lipinski definition) is 2. The quantitative estimate of drug-likeness (QED) is 0.659. The highest BCUT2D eigenvalue weighted by atomic mass is 16.2. The highest BCUT2D eigenvalue weighted by Crippen LogP contribution is 2.42. The van der Waals surface area contributed by atoms with Crippen LogP contribution in [0, 0.1) is 0 Å². The van der Waals surface area contributed by atoms with Gasteiger partial charge < -0.3 is 0 Å². The second-order valence-electron chi connectivity index (χ2n) is 4.86. The van der Waals surface area contributed by atoms with Crippen molar-refractivity contribution in [3.05, 3.63) is 71.8 Å². The number of amides is 1. The molecule has 2 N–H and O–H groups in total. The lowest BCUT2D eigenvalue weighted by Crippen LogP contribution is -2.48. The van der Waals surface area contributed by atoms with Gasteiger partial charge in [-0.1, -0.05) is 60.7 Å². The zero-order chi connectivity index (χ0) is 13.3. The SMILES string of the molecule is NN1C(=O)CCC1(c1ccccc1)c1ccccc1. The zero-order valence-electron chi connectivity index (χ0n) is 10.6. The molecule has 1 amide bonds. The van der Waals surface area contributed by atoms with E-state index in [2.05, 4.69) is 0 Å². The molecule has 2 aromatic carbocycles. The maximum atomic E-state index is 11.9. The summed E-state index contributed by atoms with van der Waals surface area (Å²) in [6.07, 6.45) is 1.21. The minimum absolute atomic E-state index is 0.00675. The Morgan fingerprint density at radius 1 is 0.895 bits per heavy atom. The number of carbonyl (C=O) groups is 1. The molecule has 3 rings (SSSR count). The van der Waals surface area contributed by atoms with Gasteiger partial charge in [-0.2, -0.15) is 0 Å². The zero-order valence-corrected chi connectivity index (χ0v) is 10.6. The number of rotatable bonds is 2. The number of nitrogens with two attached hydrogens (primary N) is 1. The predicted molar refractivity (Wildman–Crippen MR) is 73.9 cm³/mol. The van der Waals surface area contributed by atoms with Crippen molar-refractivity contribution in [3.8, 4) is 0 Å². The van der Waals surface area contributed by atoms with Crippen molar-refractivity contribution in [1.82, 2.24) is 5.01 Å². The average Bonchev–Trinajstić information content (AvgIpc) is 2.78. The van der Waals surface area contributed by atoms with Crippen molar-refractivity contribution in [3.63, 3.8) is 0 Å². The Kier molecular flexibility index (Phi) is 2.84. The molecule has 1 aliphatic rings. The van der Waals surface area contributed by atoms with Gasteiger partial charge in [0.1, 0.15) is 5.54 Å². The fourth-order valence-electron chi connectivity index (χ4n) is 2.90. The van der Waals surface area contributed by atoms with Crippen molar-refractivity contribution >= 4 is 5.91 Å². The van der Waals surface area contributed by atoms with Gasteiger partial charge in [-0.25, -0.2) is 5.84 Å². The van der Waals surface area contributed by atoms with Crippen LogP contribution in [-0.4, -0.2) is 10.9 Å². The molecule has 0 spiro atoms. The number of hydrogen-bond donors (Lipinski definition) is 1. The van der Waals surface area contributed by atoms with E-state index in [4.69, 9.17) is 5.84 Å². The molecule has 0 atom stereocenters. The van der Waals surface area contributed by atoms with Crippen LogP contribution in [0.4, 0.5) is 0 Å². The summed E-state index contributed by atoms with van der Waals surface area (Å²) >= 11 is 0. The van der Waals surface area contributed by atoms with E-state index in [0.29, 0.717) is 6.42 Å². The minimum atomic E-state index is -0.528. The molecule has 19 heavy (non-hydrogen) atoms. The van der Waals surface area contributed by atoms with Crippen LogP contribution in [0.1, 0.15) is 24.0 Å². The van der Waals surface area contributed by atoms with Crippen LogP contribution in [0.25, 0.3) is 0 Å². The maximum absolute atomic E-state index is 11.9. The number of hydrazine groups is 1. The van der Waals surface area contributed by atoms with Crippen LogP contribution in [0.3, 0.4) is 0 Å². The van der Waals surface area contributed by atoms with Gasteiger partial charge in [-0.15, -0.1) is 0 Å². The van der Waals surface area contributed by atoms with E-state index in [-0.39, 0.29) is 5.91 Å². The standard InChI is InChI=1S/C16H16N2O/c17-18-15(19)11-12-16(18,13-7-3-1-4-8-13)14-9-5-2-6-10-14/h1-10H,11-12,17H2. The Morgan fingerprint density at radius 3 is 1.74 bits per heavy atom. The van der Waals surface area contributed by atoms with Gasteiger partial charge in [-0.3, -0.25) is 9.80 Å². The van der Waals surface area contributed by atoms with Gasteiger partial charge in [0.05, 0.1) is 0 Å². The largest absolute Gasteiger partial charge is 0.273 e. The topological polar surface area (TPSA) is 46.3 Å². The molecule has 0 saturated carbocycles. The molecule has 0 aliphatic carbocycles. The molecule has 1 heterocycles. The van der Waals surface area contributed by atoms with Gasteiger partial charge in [0, 0.05) is 6.42 Å². The molecule has 0 bridgehead atoms. The first-order valence-electron chi connectivity index (χ1n) is 6.44. The summed E-state index contributed by atoms with van der Waals surface area (Å²) in [7, 11) is 0. The molecular weight excluding hydrogens is 236 g/mol. The first-order chi connectivity index (χ1) is 9.25. The molecule has 1 saturated heterocycles. The van der Waals surface area contributed by atoms with Crippen LogP contribution in [-0.2, 0) is 10.3 Å². The molecule has 96 valence electrons. The van der Waals surface area contributed by atoms with Crippen LogP contribution in [0.2, 0.25) is 0 Å². The second kappa shape index (κ2) is 4.52. The van der Waals surface area contributed by atoms with E-state index >= 15 is 0 Å². The number of benzene rings is 2. The summed E-state index contributed by atoms with van der Waals surface area (Å²) in [6.45, 7) is 0. The van der Waals surface area contributed by atoms with E-state index in [1.165, 1.54) is 5.01 Å². The van der Waals surface area contributed by atoms with Gasteiger partial charge in [-0.05, 0) is 17.5 Å². The van der Waals surface area contributed by atoms with Crippen LogP contribution in [0.15, 0.2) is 60.7 Å². The second-order valence-corrected chi connectivity index (χ2v) is 4.86. The molecule has 0 radical (unpaired) electrons. The summed E-state index contributed by atoms with van der Waals surface area (Å²) in [4.78, 5) is 11.9. The number of nitrogens with zero attached hydrogens (tertiary/aromatic N) is 1. The van der Waals surface area contributed by atoms with E-state index in [9.17, 15) is 4.79 Å². The molecule has 1 fully saturated rings. The molecule has 0 unspecified atom stereocenters. The van der Waals surface area contributed by atoms with E-state index in [0.717, 1.165) is 17.5 Å². The smallest absolute Gasteiger partial charge is 0.237 e. The fraction of sp³-hybridized carbons (Fsp3) is 0.188. The molecule has 3 nitrogen and oxygen atoms in total.